The molecule has 1 amide bonds. The Morgan fingerprint density at radius 2 is 2.06 bits per heavy atom. The molecule has 3 unspecified atom stereocenters. The topological polar surface area (TPSA) is 58.4 Å². The van der Waals surface area contributed by atoms with Gasteiger partial charge in [0.1, 0.15) is 0 Å². The number of carbonyl (C=O) groups excluding carboxylic acids is 1. The van der Waals surface area contributed by atoms with Gasteiger partial charge in [-0.1, -0.05) is 6.92 Å². The summed E-state index contributed by atoms with van der Waals surface area (Å²) in [5.74, 6) is 0.531. The monoisotopic (exact) mass is 239 g/mol. The average molecular weight is 239 g/mol. The van der Waals surface area contributed by atoms with Gasteiger partial charge in [-0.3, -0.25) is 9.69 Å². The molecule has 1 aliphatic carbocycles. The molecule has 0 bridgehead atoms. The molecule has 0 aromatic heterocycles. The first-order valence-electron chi connectivity index (χ1n) is 6.85. The largest absolute Gasteiger partial charge is 0.368 e. The number of hydrogen-bond donors (Lipinski definition) is 2. The second-order valence-electron chi connectivity index (χ2n) is 5.88. The molecule has 0 spiro atoms. The predicted octanol–water partition coefficient (Wildman–Crippen LogP) is 0.713. The van der Waals surface area contributed by atoms with Gasteiger partial charge >= 0.3 is 0 Å². The number of likely N-dealkylation sites (tertiary alicyclic amines) is 1. The number of rotatable bonds is 5. The molecule has 98 valence electrons. The number of nitrogens with two attached hydrogens (primary N) is 1. The van der Waals surface area contributed by atoms with Crippen LogP contribution in [0.4, 0.5) is 0 Å². The first-order chi connectivity index (χ1) is 8.06. The van der Waals surface area contributed by atoms with Crippen LogP contribution in [0, 0.1) is 5.92 Å². The van der Waals surface area contributed by atoms with E-state index < -0.39 is 0 Å². The zero-order valence-electron chi connectivity index (χ0n) is 11.0. The van der Waals surface area contributed by atoms with Gasteiger partial charge in [-0.15, -0.1) is 0 Å². The number of nitrogens with one attached hydrogen (secondary N) is 1. The Hall–Kier alpha value is -0.610. The summed E-state index contributed by atoms with van der Waals surface area (Å²) in [6.45, 7) is 6.40. The van der Waals surface area contributed by atoms with Crippen LogP contribution in [-0.2, 0) is 4.79 Å². The molecule has 3 N–H and O–H groups in total. The van der Waals surface area contributed by atoms with Crippen LogP contribution in [-0.4, -0.2) is 42.0 Å². The van der Waals surface area contributed by atoms with Crippen molar-refractivity contribution in [2.24, 2.45) is 11.7 Å². The molecular formula is C13H25N3O. The molecule has 4 heteroatoms. The van der Waals surface area contributed by atoms with Crippen molar-refractivity contribution in [3.05, 3.63) is 0 Å². The zero-order valence-corrected chi connectivity index (χ0v) is 11.0. The highest BCUT2D eigenvalue weighted by molar-refractivity contribution is 5.80. The van der Waals surface area contributed by atoms with Crippen molar-refractivity contribution in [2.45, 2.75) is 57.7 Å². The Morgan fingerprint density at radius 1 is 1.35 bits per heavy atom. The minimum absolute atomic E-state index is 0.171. The molecule has 3 atom stereocenters. The predicted molar refractivity (Wildman–Crippen MR) is 68.6 cm³/mol. The van der Waals surface area contributed by atoms with E-state index in [0.717, 1.165) is 19.0 Å². The van der Waals surface area contributed by atoms with Gasteiger partial charge in [-0.25, -0.2) is 0 Å². The highest BCUT2D eigenvalue weighted by Gasteiger charge is 2.31. The van der Waals surface area contributed by atoms with Crippen LogP contribution in [0.15, 0.2) is 0 Å². The van der Waals surface area contributed by atoms with Gasteiger partial charge in [0.2, 0.25) is 5.91 Å². The summed E-state index contributed by atoms with van der Waals surface area (Å²) in [6.07, 6.45) is 4.91. The van der Waals surface area contributed by atoms with Crippen LogP contribution >= 0.6 is 0 Å². The number of amides is 1. The SMILES string of the molecule is CC1CCC(C)N(CC(NC2CC2)C(N)=O)C1. The van der Waals surface area contributed by atoms with Gasteiger partial charge < -0.3 is 11.1 Å². The van der Waals surface area contributed by atoms with E-state index >= 15 is 0 Å². The van der Waals surface area contributed by atoms with Crippen molar-refractivity contribution in [3.8, 4) is 0 Å². The van der Waals surface area contributed by atoms with Gasteiger partial charge in [0.15, 0.2) is 0 Å². The number of hydrogen-bond acceptors (Lipinski definition) is 3. The quantitative estimate of drug-likeness (QED) is 0.743. The molecule has 2 rings (SSSR count). The minimum Gasteiger partial charge on any atom is -0.368 e. The summed E-state index contributed by atoms with van der Waals surface area (Å²) in [5.41, 5.74) is 5.48. The van der Waals surface area contributed by atoms with E-state index in [1.54, 1.807) is 0 Å². The molecule has 17 heavy (non-hydrogen) atoms. The third kappa shape index (κ3) is 3.68. The van der Waals surface area contributed by atoms with Crippen LogP contribution in [0.25, 0.3) is 0 Å². The zero-order chi connectivity index (χ0) is 12.4. The summed E-state index contributed by atoms with van der Waals surface area (Å²) in [6, 6.07) is 0.939. The Morgan fingerprint density at radius 3 is 2.65 bits per heavy atom. The maximum absolute atomic E-state index is 11.5. The van der Waals surface area contributed by atoms with Gasteiger partial charge in [0.25, 0.3) is 0 Å². The maximum Gasteiger partial charge on any atom is 0.235 e. The molecular weight excluding hydrogens is 214 g/mol. The second kappa shape index (κ2) is 5.36. The van der Waals surface area contributed by atoms with Gasteiger partial charge in [0, 0.05) is 25.2 Å². The van der Waals surface area contributed by atoms with Crippen molar-refractivity contribution in [1.29, 1.82) is 0 Å². The molecule has 2 fully saturated rings. The summed E-state index contributed by atoms with van der Waals surface area (Å²) in [7, 11) is 0. The lowest BCUT2D eigenvalue weighted by atomic mass is 9.94. The van der Waals surface area contributed by atoms with Crippen molar-refractivity contribution >= 4 is 5.91 Å². The van der Waals surface area contributed by atoms with Crippen LogP contribution in [0.5, 0.6) is 0 Å². The number of primary amides is 1. The van der Waals surface area contributed by atoms with E-state index in [-0.39, 0.29) is 11.9 Å². The standard InChI is InChI=1S/C13H25N3O/c1-9-3-4-10(2)16(7-9)8-12(13(14)17)15-11-5-6-11/h9-12,15H,3-8H2,1-2H3,(H2,14,17). The molecule has 2 aliphatic rings. The second-order valence-corrected chi connectivity index (χ2v) is 5.88. The normalized spacial score (nSPS) is 32.4. The lowest BCUT2D eigenvalue weighted by molar-refractivity contribution is -0.120. The van der Waals surface area contributed by atoms with Gasteiger partial charge in [0.05, 0.1) is 6.04 Å². The summed E-state index contributed by atoms with van der Waals surface area (Å²) in [5, 5.41) is 3.36. The Balaban J connectivity index is 1.88. The summed E-state index contributed by atoms with van der Waals surface area (Å²) >= 11 is 0. The van der Waals surface area contributed by atoms with Crippen molar-refractivity contribution in [3.63, 3.8) is 0 Å². The summed E-state index contributed by atoms with van der Waals surface area (Å²) in [4.78, 5) is 13.9. The molecule has 1 heterocycles. The smallest absolute Gasteiger partial charge is 0.235 e. The minimum atomic E-state index is -0.206. The lowest BCUT2D eigenvalue weighted by Gasteiger charge is -2.38. The molecule has 4 nitrogen and oxygen atoms in total. The van der Waals surface area contributed by atoms with Gasteiger partial charge in [-0.2, -0.15) is 0 Å². The van der Waals surface area contributed by atoms with Crippen LogP contribution in [0.2, 0.25) is 0 Å². The fourth-order valence-electron chi connectivity index (χ4n) is 2.63. The fourth-order valence-corrected chi connectivity index (χ4v) is 2.63. The van der Waals surface area contributed by atoms with Crippen molar-refractivity contribution in [2.75, 3.05) is 13.1 Å². The molecule has 1 saturated carbocycles. The number of carbonyl (C=O) groups is 1. The van der Waals surface area contributed by atoms with E-state index in [1.165, 1.54) is 25.7 Å². The van der Waals surface area contributed by atoms with Crippen LogP contribution in [0.1, 0.15) is 39.5 Å². The van der Waals surface area contributed by atoms with E-state index in [1.807, 2.05) is 0 Å². The average Bonchev–Trinajstić information content (AvgIpc) is 3.06. The first kappa shape index (κ1) is 12.8. The number of nitrogens with zero attached hydrogens (tertiary/aromatic N) is 1. The maximum atomic E-state index is 11.5. The van der Waals surface area contributed by atoms with E-state index in [4.69, 9.17) is 5.73 Å². The van der Waals surface area contributed by atoms with Gasteiger partial charge in [-0.05, 0) is 38.5 Å². The Kier molecular flexibility index (Phi) is 4.05. The highest BCUT2D eigenvalue weighted by Crippen LogP contribution is 2.23. The van der Waals surface area contributed by atoms with Crippen molar-refractivity contribution < 1.29 is 4.79 Å². The Bertz CT molecular complexity index is 278. The van der Waals surface area contributed by atoms with Crippen LogP contribution in [0.3, 0.4) is 0 Å². The first-order valence-corrected chi connectivity index (χ1v) is 6.85. The molecule has 1 saturated heterocycles. The highest BCUT2D eigenvalue weighted by atomic mass is 16.1. The van der Waals surface area contributed by atoms with E-state index in [9.17, 15) is 4.79 Å². The van der Waals surface area contributed by atoms with Crippen molar-refractivity contribution in [1.82, 2.24) is 10.2 Å². The third-order valence-electron chi connectivity index (χ3n) is 4.02. The lowest BCUT2D eigenvalue weighted by Crippen LogP contribution is -2.53. The fraction of sp³-hybridized carbons (Fsp3) is 0.923. The van der Waals surface area contributed by atoms with E-state index in [0.29, 0.717) is 12.1 Å². The van der Waals surface area contributed by atoms with Crippen LogP contribution < -0.4 is 11.1 Å². The third-order valence-corrected chi connectivity index (χ3v) is 4.02. The molecule has 0 aromatic carbocycles. The van der Waals surface area contributed by atoms with E-state index in [2.05, 4.69) is 24.1 Å². The number of piperidine rings is 1. The Labute approximate surface area is 104 Å². The molecule has 1 aliphatic heterocycles. The molecule has 0 radical (unpaired) electrons. The molecule has 0 aromatic rings. The summed E-state index contributed by atoms with van der Waals surface area (Å²) < 4.78 is 0.